The van der Waals surface area contributed by atoms with Crippen molar-refractivity contribution >= 4 is 27.2 Å². The molecule has 6 heteroatoms. The van der Waals surface area contributed by atoms with E-state index in [4.69, 9.17) is 4.42 Å². The molecule has 0 spiro atoms. The normalized spacial score (nSPS) is 11.7. The monoisotopic (exact) mass is 271 g/mol. The van der Waals surface area contributed by atoms with E-state index in [1.165, 1.54) is 7.05 Å². The van der Waals surface area contributed by atoms with Crippen molar-refractivity contribution in [2.45, 2.75) is 6.92 Å². The summed E-state index contributed by atoms with van der Waals surface area (Å²) in [6.07, 6.45) is 1.15. The summed E-state index contributed by atoms with van der Waals surface area (Å²) < 4.78 is 29.6. The largest absolute Gasteiger partial charge is 0.438 e. The predicted molar refractivity (Wildman–Crippen MR) is 70.0 cm³/mol. The van der Waals surface area contributed by atoms with Crippen LogP contribution in [0.2, 0.25) is 0 Å². The van der Waals surface area contributed by atoms with Crippen molar-refractivity contribution in [1.29, 1.82) is 0 Å². The molecule has 0 atom stereocenters. The van der Waals surface area contributed by atoms with Gasteiger partial charge in [0.25, 0.3) is 0 Å². The fraction of sp³-hybridized carbons (Fsp3) is 0.273. The van der Waals surface area contributed by atoms with Gasteiger partial charge in [0.15, 0.2) is 0 Å². The molecule has 0 unspecified atom stereocenters. The van der Waals surface area contributed by atoms with E-state index in [1.807, 2.05) is 24.4 Å². The summed E-state index contributed by atoms with van der Waals surface area (Å²) in [6, 6.07) is 5.61. The van der Waals surface area contributed by atoms with Gasteiger partial charge >= 0.3 is 0 Å². The molecule has 2 heterocycles. The highest BCUT2D eigenvalue weighted by Crippen LogP contribution is 2.34. The molecule has 0 saturated carbocycles. The van der Waals surface area contributed by atoms with E-state index < -0.39 is 10.0 Å². The number of furan rings is 1. The van der Waals surface area contributed by atoms with E-state index in [1.54, 1.807) is 17.4 Å². The van der Waals surface area contributed by atoms with Gasteiger partial charge in [-0.05, 0) is 23.9 Å². The summed E-state index contributed by atoms with van der Waals surface area (Å²) in [5, 5.41) is 1.96. The Labute approximate surface area is 105 Å². The molecule has 2 aromatic rings. The number of thiophene rings is 1. The SMILES string of the molecule is Cc1cc(N(C)S(C)(=O)=O)oc1-c1cccs1. The minimum absolute atomic E-state index is 0.341. The number of hydrogen-bond donors (Lipinski definition) is 0. The van der Waals surface area contributed by atoms with Gasteiger partial charge in [0.2, 0.25) is 15.9 Å². The third kappa shape index (κ3) is 2.37. The highest BCUT2D eigenvalue weighted by atomic mass is 32.2. The number of aryl methyl sites for hydroxylation is 1. The second-order valence-corrected chi connectivity index (χ2v) is 6.77. The molecule has 17 heavy (non-hydrogen) atoms. The van der Waals surface area contributed by atoms with E-state index >= 15 is 0 Å². The quantitative estimate of drug-likeness (QED) is 0.862. The predicted octanol–water partition coefficient (Wildman–Crippen LogP) is 2.71. The number of anilines is 1. The number of rotatable bonds is 3. The highest BCUT2D eigenvalue weighted by molar-refractivity contribution is 7.92. The Balaban J connectivity index is 2.45. The lowest BCUT2D eigenvalue weighted by molar-refractivity contribution is 0.570. The van der Waals surface area contributed by atoms with Crippen LogP contribution in [-0.4, -0.2) is 21.7 Å². The topological polar surface area (TPSA) is 50.5 Å². The molecule has 0 fully saturated rings. The fourth-order valence-corrected chi connectivity index (χ4v) is 2.62. The van der Waals surface area contributed by atoms with Gasteiger partial charge in [-0.15, -0.1) is 11.3 Å². The summed E-state index contributed by atoms with van der Waals surface area (Å²) in [7, 11) is -1.81. The lowest BCUT2D eigenvalue weighted by atomic mass is 10.2. The van der Waals surface area contributed by atoms with E-state index in [2.05, 4.69) is 0 Å². The van der Waals surface area contributed by atoms with Gasteiger partial charge in [-0.2, -0.15) is 0 Å². The lowest BCUT2D eigenvalue weighted by Crippen LogP contribution is -2.24. The van der Waals surface area contributed by atoms with Crippen LogP contribution in [0.4, 0.5) is 5.88 Å². The first-order valence-corrected chi connectivity index (χ1v) is 7.70. The number of sulfonamides is 1. The molecular formula is C11H13NO3S2. The Morgan fingerprint density at radius 1 is 1.41 bits per heavy atom. The van der Waals surface area contributed by atoms with Crippen molar-refractivity contribution in [3.05, 3.63) is 29.1 Å². The van der Waals surface area contributed by atoms with Crippen LogP contribution >= 0.6 is 11.3 Å². The van der Waals surface area contributed by atoms with E-state index in [0.717, 1.165) is 26.8 Å². The molecule has 0 saturated heterocycles. The number of nitrogens with zero attached hydrogens (tertiary/aromatic N) is 1. The zero-order valence-electron chi connectivity index (χ0n) is 9.80. The molecule has 0 radical (unpaired) electrons. The zero-order chi connectivity index (χ0) is 12.6. The summed E-state index contributed by atoms with van der Waals surface area (Å²) in [6.45, 7) is 1.90. The van der Waals surface area contributed by atoms with Gasteiger partial charge in [-0.25, -0.2) is 12.7 Å². The Morgan fingerprint density at radius 2 is 2.12 bits per heavy atom. The highest BCUT2D eigenvalue weighted by Gasteiger charge is 2.18. The van der Waals surface area contributed by atoms with Crippen molar-refractivity contribution in [3.63, 3.8) is 0 Å². The van der Waals surface area contributed by atoms with Crippen molar-refractivity contribution in [2.24, 2.45) is 0 Å². The molecule has 0 N–H and O–H groups in total. The first kappa shape index (κ1) is 12.2. The van der Waals surface area contributed by atoms with Crippen molar-refractivity contribution in [2.75, 3.05) is 17.6 Å². The summed E-state index contributed by atoms with van der Waals surface area (Å²) >= 11 is 1.56. The van der Waals surface area contributed by atoms with Crippen LogP contribution in [0.1, 0.15) is 5.56 Å². The van der Waals surface area contributed by atoms with Crippen LogP contribution in [0.15, 0.2) is 28.0 Å². The Kier molecular flexibility index (Phi) is 3.01. The van der Waals surface area contributed by atoms with Gasteiger partial charge in [-0.3, -0.25) is 0 Å². The molecule has 92 valence electrons. The summed E-state index contributed by atoms with van der Waals surface area (Å²) in [5.41, 5.74) is 0.929. The minimum atomic E-state index is -3.29. The van der Waals surface area contributed by atoms with Crippen LogP contribution in [0.5, 0.6) is 0 Å². The fourth-order valence-electron chi connectivity index (χ4n) is 1.44. The van der Waals surface area contributed by atoms with Crippen LogP contribution in [-0.2, 0) is 10.0 Å². The molecule has 0 bridgehead atoms. The van der Waals surface area contributed by atoms with Crippen molar-refractivity contribution in [1.82, 2.24) is 0 Å². The maximum atomic E-state index is 11.4. The van der Waals surface area contributed by atoms with Gasteiger partial charge in [0.05, 0.1) is 11.1 Å². The van der Waals surface area contributed by atoms with Gasteiger partial charge in [0.1, 0.15) is 5.76 Å². The van der Waals surface area contributed by atoms with Gasteiger partial charge < -0.3 is 4.42 Å². The molecule has 2 rings (SSSR count). The molecule has 0 aliphatic heterocycles. The Morgan fingerprint density at radius 3 is 2.65 bits per heavy atom. The molecule has 0 aliphatic carbocycles. The van der Waals surface area contributed by atoms with Crippen LogP contribution < -0.4 is 4.31 Å². The average Bonchev–Trinajstić information content (AvgIpc) is 2.83. The third-order valence-electron chi connectivity index (χ3n) is 2.46. The smallest absolute Gasteiger partial charge is 0.234 e. The van der Waals surface area contributed by atoms with Crippen molar-refractivity contribution in [3.8, 4) is 10.6 Å². The first-order chi connectivity index (χ1) is 7.89. The second-order valence-electron chi connectivity index (χ2n) is 3.80. The molecule has 2 aromatic heterocycles. The lowest BCUT2D eigenvalue weighted by Gasteiger charge is -2.12. The third-order valence-corrected chi connectivity index (χ3v) is 4.50. The van der Waals surface area contributed by atoms with E-state index in [-0.39, 0.29) is 0 Å². The average molecular weight is 271 g/mol. The molecule has 0 aromatic carbocycles. The molecule has 4 nitrogen and oxygen atoms in total. The molecular weight excluding hydrogens is 258 g/mol. The zero-order valence-corrected chi connectivity index (χ0v) is 11.4. The second kappa shape index (κ2) is 4.19. The van der Waals surface area contributed by atoms with Gasteiger partial charge in [0, 0.05) is 13.1 Å². The van der Waals surface area contributed by atoms with E-state index in [0.29, 0.717) is 5.88 Å². The number of hydrogen-bond acceptors (Lipinski definition) is 4. The maximum Gasteiger partial charge on any atom is 0.234 e. The minimum Gasteiger partial charge on any atom is -0.438 e. The first-order valence-electron chi connectivity index (χ1n) is 4.98. The Hall–Kier alpha value is -1.27. The summed E-state index contributed by atoms with van der Waals surface area (Å²) in [5.74, 6) is 1.07. The van der Waals surface area contributed by atoms with Crippen LogP contribution in [0.3, 0.4) is 0 Å². The van der Waals surface area contributed by atoms with Crippen molar-refractivity contribution < 1.29 is 12.8 Å². The standard InChI is InChI=1S/C11H13NO3S2/c1-8-7-10(12(2)17(3,13)14)15-11(8)9-5-4-6-16-9/h4-7H,1-3H3. The van der Waals surface area contributed by atoms with Crippen LogP contribution in [0.25, 0.3) is 10.6 Å². The summed E-state index contributed by atoms with van der Waals surface area (Å²) in [4.78, 5) is 0.996. The molecule has 0 aliphatic rings. The van der Waals surface area contributed by atoms with Crippen LogP contribution in [0, 0.1) is 6.92 Å². The maximum absolute atomic E-state index is 11.4. The van der Waals surface area contributed by atoms with E-state index in [9.17, 15) is 8.42 Å². The molecule has 0 amide bonds. The Bertz CT molecular complexity index is 611. The van der Waals surface area contributed by atoms with Gasteiger partial charge in [-0.1, -0.05) is 6.07 Å².